The zero-order valence-electron chi connectivity index (χ0n) is 26.7. The number of methoxy groups -OCH3 is 1. The molecule has 8 nitrogen and oxygen atoms in total. The summed E-state index contributed by atoms with van der Waals surface area (Å²) in [6.45, 7) is 8.52. The fourth-order valence-electron chi connectivity index (χ4n) is 5.42. The summed E-state index contributed by atoms with van der Waals surface area (Å²) < 4.78 is 18.4. The molecule has 2 N–H and O–H groups in total. The summed E-state index contributed by atoms with van der Waals surface area (Å²) in [4.78, 5) is 27.3. The molecule has 1 aliphatic rings. The Morgan fingerprint density at radius 2 is 1.76 bits per heavy atom. The highest BCUT2D eigenvalue weighted by Gasteiger charge is 2.40. The van der Waals surface area contributed by atoms with Gasteiger partial charge in [-0.2, -0.15) is 0 Å². The maximum Gasteiger partial charge on any atom is 0.306 e. The number of hydrogen-bond donors (Lipinski definition) is 2. The first kappa shape index (κ1) is 37.4. The van der Waals surface area contributed by atoms with Gasteiger partial charge in [0.25, 0.3) is 5.91 Å². The van der Waals surface area contributed by atoms with Gasteiger partial charge < -0.3 is 29.5 Å². The van der Waals surface area contributed by atoms with Crippen LogP contribution in [0, 0.1) is 5.41 Å². The van der Waals surface area contributed by atoms with E-state index in [4.69, 9.17) is 37.4 Å². The van der Waals surface area contributed by atoms with Crippen LogP contribution in [0.4, 0.5) is 5.69 Å². The summed E-state index contributed by atoms with van der Waals surface area (Å²) in [6, 6.07) is 18.7. The average Bonchev–Trinajstić information content (AvgIpc) is 3.08. The number of anilines is 1. The number of halogens is 3. The number of carboxylic acid groups (broad SMARTS) is 1. The van der Waals surface area contributed by atoms with Crippen molar-refractivity contribution >= 4 is 53.2 Å². The van der Waals surface area contributed by atoms with Crippen molar-refractivity contribution in [2.24, 2.45) is 5.41 Å². The maximum absolute atomic E-state index is 13.8. The van der Waals surface area contributed by atoms with Crippen molar-refractivity contribution in [3.05, 3.63) is 87.4 Å². The number of benzene rings is 3. The lowest BCUT2D eigenvalue weighted by Gasteiger charge is -2.31. The first-order valence-corrected chi connectivity index (χ1v) is 16.0. The van der Waals surface area contributed by atoms with Gasteiger partial charge in [0.15, 0.2) is 11.5 Å². The predicted octanol–water partition coefficient (Wildman–Crippen LogP) is 7.76. The van der Waals surface area contributed by atoms with E-state index in [-0.39, 0.29) is 17.8 Å². The second-order valence-corrected chi connectivity index (χ2v) is 13.2. The fraction of sp³-hybridized carbons (Fsp3) is 0.429. The summed E-state index contributed by atoms with van der Waals surface area (Å²) in [6.07, 6.45) is 0.120. The van der Waals surface area contributed by atoms with Crippen LogP contribution in [-0.4, -0.2) is 56.4 Å². The summed E-state index contributed by atoms with van der Waals surface area (Å²) in [5.74, 6) is -0.567. The van der Waals surface area contributed by atoms with Crippen molar-refractivity contribution in [3.63, 3.8) is 0 Å². The number of carbonyl (C=O) groups is 2. The smallest absolute Gasteiger partial charge is 0.306 e. The van der Waals surface area contributed by atoms with E-state index in [9.17, 15) is 14.7 Å². The molecule has 4 rings (SSSR count). The van der Waals surface area contributed by atoms with E-state index in [1.807, 2.05) is 57.2 Å². The van der Waals surface area contributed by atoms with Gasteiger partial charge in [0, 0.05) is 33.4 Å². The summed E-state index contributed by atoms with van der Waals surface area (Å²) >= 11 is 12.7. The van der Waals surface area contributed by atoms with E-state index in [1.165, 1.54) is 0 Å². The number of aryl methyl sites for hydroxylation is 1. The third kappa shape index (κ3) is 9.99. The lowest BCUT2D eigenvalue weighted by molar-refractivity contribution is -0.147. The van der Waals surface area contributed by atoms with Crippen molar-refractivity contribution in [1.29, 1.82) is 0 Å². The van der Waals surface area contributed by atoms with Crippen LogP contribution >= 0.6 is 35.6 Å². The molecule has 0 saturated heterocycles. The van der Waals surface area contributed by atoms with Gasteiger partial charge in [-0.1, -0.05) is 74.3 Å². The Bertz CT molecular complexity index is 1480. The largest absolute Gasteiger partial charge is 0.492 e. The topological polar surface area (TPSA) is 97.3 Å². The van der Waals surface area contributed by atoms with Crippen LogP contribution in [0.15, 0.2) is 60.7 Å². The minimum atomic E-state index is -1.22. The Balaban J connectivity index is 0.00000576. The minimum absolute atomic E-state index is 0. The van der Waals surface area contributed by atoms with Crippen LogP contribution in [0.5, 0.6) is 11.5 Å². The van der Waals surface area contributed by atoms with Gasteiger partial charge in [-0.3, -0.25) is 9.59 Å². The van der Waals surface area contributed by atoms with Crippen LogP contribution in [0.25, 0.3) is 0 Å². The number of carbonyl (C=O) groups excluding carboxylic acids is 1. The van der Waals surface area contributed by atoms with Gasteiger partial charge in [0.05, 0.1) is 20.1 Å². The number of para-hydroxylation sites is 1. The number of fused-ring (bicyclic) bond motifs is 1. The molecule has 2 atom stereocenters. The Morgan fingerprint density at radius 3 is 2.46 bits per heavy atom. The number of ether oxygens (including phenoxy) is 3. The molecule has 250 valence electrons. The molecular formula is C35H43Cl3N2O6. The average molecular weight is 694 g/mol. The van der Waals surface area contributed by atoms with E-state index in [0.29, 0.717) is 46.5 Å². The predicted molar refractivity (Wildman–Crippen MR) is 185 cm³/mol. The van der Waals surface area contributed by atoms with Gasteiger partial charge in [-0.05, 0) is 73.7 Å². The van der Waals surface area contributed by atoms with Crippen molar-refractivity contribution in [2.45, 2.75) is 58.7 Å². The third-order valence-electron chi connectivity index (χ3n) is 7.41. The number of hydrogen-bond acceptors (Lipinski definition) is 6. The molecule has 3 aromatic rings. The maximum atomic E-state index is 13.8. The van der Waals surface area contributed by atoms with Crippen molar-refractivity contribution in [3.8, 4) is 11.5 Å². The van der Waals surface area contributed by atoms with Crippen molar-refractivity contribution in [1.82, 2.24) is 5.32 Å². The van der Waals surface area contributed by atoms with Gasteiger partial charge in [0.2, 0.25) is 0 Å². The van der Waals surface area contributed by atoms with E-state index in [1.54, 1.807) is 30.2 Å². The molecule has 46 heavy (non-hydrogen) atoms. The van der Waals surface area contributed by atoms with Crippen LogP contribution in [0.2, 0.25) is 10.0 Å². The molecule has 0 saturated carbocycles. The number of aliphatic carboxylic acids is 1. The SMILES string of the molecule is COc1c(OCCCNCCCc2ccccc2Cl)cccc1[C@@H]1O[C@@H](CC(=O)O)C(=O)N(CC(C)(C)C)c2ccc(Cl)cc21.Cl. The highest BCUT2D eigenvalue weighted by atomic mass is 35.5. The molecule has 0 aromatic heterocycles. The summed E-state index contributed by atoms with van der Waals surface area (Å²) in [5.41, 5.74) is 2.75. The molecule has 11 heteroatoms. The van der Waals surface area contributed by atoms with E-state index >= 15 is 0 Å². The first-order chi connectivity index (χ1) is 21.5. The number of rotatable bonds is 14. The number of amides is 1. The second-order valence-electron chi connectivity index (χ2n) is 12.3. The lowest BCUT2D eigenvalue weighted by Crippen LogP contribution is -2.44. The standard InChI is InChI=1S/C35H42Cl2N2O6.ClH/c1-35(2,3)22-39-28-16-15-24(36)20-26(28)32(45-30(34(39)42)21-31(40)41)25-12-7-14-29(33(25)43-4)44-19-9-18-38-17-8-11-23-10-5-6-13-27(23)37;/h5-7,10,12-16,20,30,32,38H,8-9,11,17-19,21-22H2,1-4H3,(H,40,41);1H/t30-,32-;/m0./s1. The third-order valence-corrected chi connectivity index (χ3v) is 8.01. The lowest BCUT2D eigenvalue weighted by atomic mass is 9.94. The number of nitrogens with one attached hydrogen (secondary N) is 1. The molecule has 0 spiro atoms. The molecule has 1 amide bonds. The van der Waals surface area contributed by atoms with E-state index < -0.39 is 30.5 Å². The zero-order valence-corrected chi connectivity index (χ0v) is 29.0. The highest BCUT2D eigenvalue weighted by Crippen LogP contribution is 2.45. The molecule has 0 bridgehead atoms. The first-order valence-electron chi connectivity index (χ1n) is 15.2. The van der Waals surface area contributed by atoms with Gasteiger partial charge in [-0.25, -0.2) is 0 Å². The Kier molecular flexibility index (Phi) is 14.0. The summed E-state index contributed by atoms with van der Waals surface area (Å²) in [5, 5.41) is 14.4. The van der Waals surface area contributed by atoms with E-state index in [2.05, 4.69) is 11.4 Å². The molecule has 0 aliphatic carbocycles. The second kappa shape index (κ2) is 17.2. The van der Waals surface area contributed by atoms with Crippen LogP contribution < -0.4 is 19.7 Å². The van der Waals surface area contributed by atoms with Gasteiger partial charge in [0.1, 0.15) is 12.2 Å². The van der Waals surface area contributed by atoms with Gasteiger partial charge >= 0.3 is 5.97 Å². The van der Waals surface area contributed by atoms with E-state index in [0.717, 1.165) is 42.9 Å². The highest BCUT2D eigenvalue weighted by molar-refractivity contribution is 6.31. The molecule has 0 fully saturated rings. The fourth-order valence-corrected chi connectivity index (χ4v) is 5.83. The molecular weight excluding hydrogens is 651 g/mol. The Hall–Kier alpha value is -3.01. The Labute approximate surface area is 287 Å². The molecule has 0 unspecified atom stereocenters. The van der Waals surface area contributed by atoms with Crippen LogP contribution in [0.3, 0.4) is 0 Å². The minimum Gasteiger partial charge on any atom is -0.492 e. The number of carboxylic acids is 1. The monoisotopic (exact) mass is 692 g/mol. The molecule has 0 radical (unpaired) electrons. The van der Waals surface area contributed by atoms with Crippen molar-refractivity contribution in [2.75, 3.05) is 38.3 Å². The summed E-state index contributed by atoms with van der Waals surface area (Å²) in [7, 11) is 1.55. The molecule has 3 aromatic carbocycles. The zero-order chi connectivity index (χ0) is 32.6. The normalized spacial score (nSPS) is 16.3. The van der Waals surface area contributed by atoms with Gasteiger partial charge in [-0.15, -0.1) is 12.4 Å². The van der Waals surface area contributed by atoms with Crippen LogP contribution in [0.1, 0.15) is 62.8 Å². The molecule has 1 heterocycles. The van der Waals surface area contributed by atoms with Crippen molar-refractivity contribution < 1.29 is 28.9 Å². The molecule has 1 aliphatic heterocycles. The quantitative estimate of drug-likeness (QED) is 0.167. The number of nitrogens with zero attached hydrogens (tertiary/aromatic N) is 1. The Morgan fingerprint density at radius 1 is 1.02 bits per heavy atom. The van der Waals surface area contributed by atoms with Crippen LogP contribution in [-0.2, 0) is 20.7 Å².